The number of aromatic nitrogens is 3. The Morgan fingerprint density at radius 2 is 1.64 bits per heavy atom. The summed E-state index contributed by atoms with van der Waals surface area (Å²) in [6.07, 6.45) is 7.61. The highest BCUT2D eigenvalue weighted by Gasteiger charge is 2.06. The first kappa shape index (κ1) is 18.9. The fourth-order valence-corrected chi connectivity index (χ4v) is 2.67. The van der Waals surface area contributed by atoms with Crippen LogP contribution in [0.15, 0.2) is 73.3 Å². The quantitative estimate of drug-likeness (QED) is 0.578. The molecule has 1 aromatic carbocycles. The van der Waals surface area contributed by atoms with Gasteiger partial charge in [-0.15, -0.1) is 24.8 Å². The van der Waals surface area contributed by atoms with E-state index in [2.05, 4.69) is 22.2 Å². The maximum atomic E-state index is 9.29. The molecular formula is C19H17Cl2N3O. The number of rotatable bonds is 3. The van der Waals surface area contributed by atoms with Gasteiger partial charge in [0.05, 0.1) is 12.3 Å². The van der Waals surface area contributed by atoms with E-state index in [1.807, 2.05) is 53.1 Å². The number of hydrogen-bond donors (Lipinski definition) is 1. The normalized spacial score (nSPS) is 10.1. The summed E-state index contributed by atoms with van der Waals surface area (Å²) >= 11 is 0. The second-order valence-electron chi connectivity index (χ2n) is 5.40. The lowest BCUT2D eigenvalue weighted by molar-refractivity contribution is 0.282. The Morgan fingerprint density at radius 3 is 2.40 bits per heavy atom. The predicted octanol–water partition coefficient (Wildman–Crippen LogP) is 4.40. The van der Waals surface area contributed by atoms with Crippen molar-refractivity contribution >= 4 is 30.5 Å². The Labute approximate surface area is 158 Å². The molecule has 4 aromatic rings. The second kappa shape index (κ2) is 8.12. The fourth-order valence-electron chi connectivity index (χ4n) is 2.67. The van der Waals surface area contributed by atoms with Crippen molar-refractivity contribution in [3.63, 3.8) is 0 Å². The molecule has 0 saturated carbocycles. The number of hydrogen-bond acceptors (Lipinski definition) is 3. The molecule has 0 fully saturated rings. The summed E-state index contributed by atoms with van der Waals surface area (Å²) in [5.41, 5.74) is 5.95. The lowest BCUT2D eigenvalue weighted by Crippen LogP contribution is -1.87. The van der Waals surface area contributed by atoms with Gasteiger partial charge in [0.2, 0.25) is 0 Å². The van der Waals surface area contributed by atoms with Gasteiger partial charge in [-0.1, -0.05) is 18.2 Å². The van der Waals surface area contributed by atoms with Crippen molar-refractivity contribution in [2.24, 2.45) is 0 Å². The Balaban J connectivity index is 0.00000113. The highest BCUT2D eigenvalue weighted by Crippen LogP contribution is 2.23. The van der Waals surface area contributed by atoms with Gasteiger partial charge in [-0.2, -0.15) is 0 Å². The molecule has 0 aliphatic carbocycles. The van der Waals surface area contributed by atoms with Crippen LogP contribution in [-0.4, -0.2) is 19.5 Å². The van der Waals surface area contributed by atoms with Crippen LogP contribution >= 0.6 is 24.8 Å². The van der Waals surface area contributed by atoms with Crippen molar-refractivity contribution in [1.82, 2.24) is 14.4 Å². The average molecular weight is 374 g/mol. The minimum absolute atomic E-state index is 0. The van der Waals surface area contributed by atoms with E-state index in [0.29, 0.717) is 0 Å². The fraction of sp³-hybridized carbons (Fsp3) is 0.0526. The summed E-state index contributed by atoms with van der Waals surface area (Å²) < 4.78 is 2.02. The third-order valence-corrected chi connectivity index (χ3v) is 3.87. The number of pyridine rings is 2. The minimum Gasteiger partial charge on any atom is -0.392 e. The summed E-state index contributed by atoms with van der Waals surface area (Å²) in [6.45, 7) is 0.0490. The zero-order chi connectivity index (χ0) is 15.6. The van der Waals surface area contributed by atoms with Gasteiger partial charge >= 0.3 is 0 Å². The molecule has 0 radical (unpaired) electrons. The maximum Gasteiger partial charge on any atom is 0.137 e. The summed E-state index contributed by atoms with van der Waals surface area (Å²) in [5.74, 6) is 0. The van der Waals surface area contributed by atoms with Crippen LogP contribution in [0, 0.1) is 0 Å². The predicted molar refractivity (Wildman–Crippen MR) is 104 cm³/mol. The van der Waals surface area contributed by atoms with Gasteiger partial charge in [-0.25, -0.2) is 4.98 Å². The molecule has 0 spiro atoms. The molecule has 0 aliphatic heterocycles. The minimum atomic E-state index is 0. The standard InChI is InChI=1S/C19H15N3O.2ClH/c23-13-14-2-1-3-16(10-14)17-4-5-19-21-18(12-22(19)11-17)15-6-8-20-9-7-15;;/h1-12,23H,13H2;2*1H. The highest BCUT2D eigenvalue weighted by atomic mass is 35.5. The topological polar surface area (TPSA) is 50.4 Å². The van der Waals surface area contributed by atoms with Crippen LogP contribution in [-0.2, 0) is 6.61 Å². The second-order valence-corrected chi connectivity index (χ2v) is 5.40. The molecule has 3 heterocycles. The lowest BCUT2D eigenvalue weighted by atomic mass is 10.1. The number of fused-ring (bicyclic) bond motifs is 1. The largest absolute Gasteiger partial charge is 0.392 e. The monoisotopic (exact) mass is 373 g/mol. The van der Waals surface area contributed by atoms with Crippen molar-refractivity contribution in [2.75, 3.05) is 0 Å². The van der Waals surface area contributed by atoms with Crippen LogP contribution in [0.5, 0.6) is 0 Å². The van der Waals surface area contributed by atoms with Crippen molar-refractivity contribution < 1.29 is 5.11 Å². The molecule has 0 bridgehead atoms. The molecule has 25 heavy (non-hydrogen) atoms. The Morgan fingerprint density at radius 1 is 0.840 bits per heavy atom. The first-order chi connectivity index (χ1) is 11.3. The molecule has 1 N–H and O–H groups in total. The Hall–Kier alpha value is -2.40. The number of halogens is 2. The van der Waals surface area contributed by atoms with Crippen LogP contribution in [0.2, 0.25) is 0 Å². The molecule has 0 saturated heterocycles. The molecular weight excluding hydrogens is 357 g/mol. The molecule has 4 nitrogen and oxygen atoms in total. The van der Waals surface area contributed by atoms with E-state index in [9.17, 15) is 5.11 Å². The first-order valence-electron chi connectivity index (χ1n) is 7.43. The molecule has 128 valence electrons. The van der Waals surface area contributed by atoms with Crippen molar-refractivity contribution in [3.8, 4) is 22.4 Å². The number of aliphatic hydroxyl groups excluding tert-OH is 1. The van der Waals surface area contributed by atoms with E-state index in [-0.39, 0.29) is 31.4 Å². The molecule has 0 amide bonds. The van der Waals surface area contributed by atoms with E-state index in [0.717, 1.165) is 33.6 Å². The van der Waals surface area contributed by atoms with Crippen LogP contribution in [0.1, 0.15) is 5.56 Å². The molecule has 6 heteroatoms. The average Bonchev–Trinajstić information content (AvgIpc) is 3.06. The maximum absolute atomic E-state index is 9.29. The third-order valence-electron chi connectivity index (χ3n) is 3.87. The number of nitrogens with zero attached hydrogens (tertiary/aromatic N) is 3. The molecule has 0 unspecified atom stereocenters. The van der Waals surface area contributed by atoms with Gasteiger partial charge in [-0.3, -0.25) is 4.98 Å². The van der Waals surface area contributed by atoms with Gasteiger partial charge < -0.3 is 9.51 Å². The summed E-state index contributed by atoms with van der Waals surface area (Å²) in [5, 5.41) is 9.29. The van der Waals surface area contributed by atoms with Crippen LogP contribution in [0.3, 0.4) is 0 Å². The van der Waals surface area contributed by atoms with E-state index in [1.54, 1.807) is 12.4 Å². The first-order valence-corrected chi connectivity index (χ1v) is 7.43. The van der Waals surface area contributed by atoms with Gasteiger partial charge in [-0.05, 0) is 47.0 Å². The molecule has 4 rings (SSSR count). The van der Waals surface area contributed by atoms with Gasteiger partial charge in [0.1, 0.15) is 5.65 Å². The smallest absolute Gasteiger partial charge is 0.137 e. The van der Waals surface area contributed by atoms with E-state index < -0.39 is 0 Å². The Kier molecular flexibility index (Phi) is 6.15. The lowest BCUT2D eigenvalue weighted by Gasteiger charge is -2.04. The third kappa shape index (κ3) is 3.82. The van der Waals surface area contributed by atoms with Crippen molar-refractivity contribution in [3.05, 3.63) is 78.9 Å². The number of aliphatic hydroxyl groups is 1. The molecule has 0 atom stereocenters. The van der Waals surface area contributed by atoms with Gasteiger partial charge in [0, 0.05) is 30.4 Å². The zero-order valence-corrected chi connectivity index (χ0v) is 14.9. The van der Waals surface area contributed by atoms with E-state index in [1.165, 1.54) is 0 Å². The summed E-state index contributed by atoms with van der Waals surface area (Å²) in [4.78, 5) is 8.69. The van der Waals surface area contributed by atoms with Crippen molar-refractivity contribution in [1.29, 1.82) is 0 Å². The van der Waals surface area contributed by atoms with E-state index in [4.69, 9.17) is 0 Å². The van der Waals surface area contributed by atoms with Crippen molar-refractivity contribution in [2.45, 2.75) is 6.61 Å². The van der Waals surface area contributed by atoms with Crippen LogP contribution < -0.4 is 0 Å². The van der Waals surface area contributed by atoms with Crippen LogP contribution in [0.4, 0.5) is 0 Å². The van der Waals surface area contributed by atoms with Gasteiger partial charge in [0.15, 0.2) is 0 Å². The molecule has 3 aromatic heterocycles. The molecule has 0 aliphatic rings. The highest BCUT2D eigenvalue weighted by molar-refractivity contribution is 5.85. The number of imidazole rings is 1. The SMILES string of the molecule is Cl.Cl.OCc1cccc(-c2ccc3nc(-c4ccncc4)cn3c2)c1. The number of benzene rings is 1. The van der Waals surface area contributed by atoms with E-state index >= 15 is 0 Å². The van der Waals surface area contributed by atoms with Crippen LogP contribution in [0.25, 0.3) is 28.0 Å². The zero-order valence-electron chi connectivity index (χ0n) is 13.2. The van der Waals surface area contributed by atoms with Gasteiger partial charge in [0.25, 0.3) is 0 Å². The summed E-state index contributed by atoms with van der Waals surface area (Å²) in [7, 11) is 0. The Bertz CT molecular complexity index is 971. The summed E-state index contributed by atoms with van der Waals surface area (Å²) in [6, 6.07) is 15.9.